The van der Waals surface area contributed by atoms with Gasteiger partial charge in [0.05, 0.1) is 5.41 Å². The molecule has 2 fully saturated rings. The van der Waals surface area contributed by atoms with Gasteiger partial charge in [-0.1, -0.05) is 36.6 Å². The number of nitrogens with one attached hydrogen (secondary N) is 1. The number of fused-ring (bicyclic) bond motifs is 1. The maximum absolute atomic E-state index is 13.3. The van der Waals surface area contributed by atoms with Crippen LogP contribution in [0.25, 0.3) is 0 Å². The smallest absolute Gasteiger partial charge is 0.352 e. The fraction of sp³-hybridized carbons (Fsp3) is 0.450. The van der Waals surface area contributed by atoms with Crippen molar-refractivity contribution in [2.24, 2.45) is 0 Å². The molecular weight excluding hydrogens is 400 g/mol. The van der Waals surface area contributed by atoms with Gasteiger partial charge in [0.2, 0.25) is 5.91 Å². The quantitative estimate of drug-likeness (QED) is 0.731. The molecule has 2 N–H and O–H groups in total. The van der Waals surface area contributed by atoms with Crippen LogP contribution in [-0.2, 0) is 19.8 Å². The number of hydrogen-bond donors (Lipinski definition) is 2. The van der Waals surface area contributed by atoms with Crippen LogP contribution in [0.15, 0.2) is 35.5 Å². The lowest BCUT2D eigenvalue weighted by atomic mass is 9.77. The van der Waals surface area contributed by atoms with Crippen molar-refractivity contribution in [2.75, 3.05) is 5.75 Å². The van der Waals surface area contributed by atoms with Crippen LogP contribution in [0, 0.1) is 0 Å². The highest BCUT2D eigenvalue weighted by molar-refractivity contribution is 8.00. The van der Waals surface area contributed by atoms with Gasteiger partial charge in [-0.05, 0) is 43.0 Å². The summed E-state index contributed by atoms with van der Waals surface area (Å²) in [4.78, 5) is 38.8. The van der Waals surface area contributed by atoms with Crippen molar-refractivity contribution in [2.45, 2.75) is 49.4 Å². The second-order valence-electron chi connectivity index (χ2n) is 7.59. The normalized spacial score (nSPS) is 25.9. The fourth-order valence-corrected chi connectivity index (χ4v) is 5.95. The molecule has 1 saturated heterocycles. The molecule has 1 aromatic carbocycles. The van der Waals surface area contributed by atoms with Gasteiger partial charge in [-0.25, -0.2) is 4.79 Å². The van der Waals surface area contributed by atoms with Crippen molar-refractivity contribution in [1.82, 2.24) is 10.2 Å². The molecule has 2 heterocycles. The molecule has 28 heavy (non-hydrogen) atoms. The molecule has 1 aromatic rings. The van der Waals surface area contributed by atoms with Gasteiger partial charge in [0.15, 0.2) is 0 Å². The van der Waals surface area contributed by atoms with E-state index in [0.29, 0.717) is 29.2 Å². The van der Waals surface area contributed by atoms with Gasteiger partial charge >= 0.3 is 5.97 Å². The SMILES string of the molecule is CC1=C(C(=O)O)N2C(=O)C(NC(=O)C3(c4cccc(Cl)c4)CCCC3)C2SC1. The van der Waals surface area contributed by atoms with Crippen LogP contribution in [0.2, 0.25) is 5.02 Å². The average Bonchev–Trinajstić information content (AvgIpc) is 3.16. The minimum absolute atomic E-state index is 0.0460. The predicted molar refractivity (Wildman–Crippen MR) is 107 cm³/mol. The Morgan fingerprint density at radius 1 is 1.32 bits per heavy atom. The summed E-state index contributed by atoms with van der Waals surface area (Å²) in [6.07, 6.45) is 3.30. The summed E-state index contributed by atoms with van der Waals surface area (Å²) < 4.78 is 0. The molecule has 6 nitrogen and oxygen atoms in total. The van der Waals surface area contributed by atoms with Crippen LogP contribution in [-0.4, -0.2) is 45.0 Å². The summed E-state index contributed by atoms with van der Waals surface area (Å²) in [5.41, 5.74) is 0.895. The number of carboxylic acid groups (broad SMARTS) is 1. The Bertz CT molecular complexity index is 894. The lowest BCUT2D eigenvalue weighted by Gasteiger charge is -2.50. The number of carbonyl (C=O) groups is 3. The number of amides is 2. The van der Waals surface area contributed by atoms with Crippen LogP contribution in [0.5, 0.6) is 0 Å². The molecule has 1 aliphatic carbocycles. The summed E-state index contributed by atoms with van der Waals surface area (Å²) in [6.45, 7) is 1.72. The Labute approximate surface area is 172 Å². The van der Waals surface area contributed by atoms with E-state index in [9.17, 15) is 19.5 Å². The largest absolute Gasteiger partial charge is 0.477 e. The summed E-state index contributed by atoms with van der Waals surface area (Å²) in [5.74, 6) is -1.11. The van der Waals surface area contributed by atoms with Crippen molar-refractivity contribution in [3.8, 4) is 0 Å². The van der Waals surface area contributed by atoms with Crippen LogP contribution >= 0.6 is 23.4 Å². The minimum Gasteiger partial charge on any atom is -0.477 e. The third kappa shape index (κ3) is 2.92. The van der Waals surface area contributed by atoms with Gasteiger partial charge in [0.1, 0.15) is 17.1 Å². The van der Waals surface area contributed by atoms with Gasteiger partial charge in [-0.15, -0.1) is 11.8 Å². The molecule has 4 rings (SSSR count). The Hall–Kier alpha value is -1.99. The maximum Gasteiger partial charge on any atom is 0.352 e. The van der Waals surface area contributed by atoms with E-state index in [1.54, 1.807) is 13.0 Å². The van der Waals surface area contributed by atoms with Gasteiger partial charge in [0, 0.05) is 10.8 Å². The van der Waals surface area contributed by atoms with Crippen LogP contribution < -0.4 is 5.32 Å². The summed E-state index contributed by atoms with van der Waals surface area (Å²) in [6, 6.07) is 6.66. The van der Waals surface area contributed by atoms with E-state index in [1.165, 1.54) is 16.7 Å². The van der Waals surface area contributed by atoms with Crippen molar-refractivity contribution in [3.63, 3.8) is 0 Å². The second kappa shape index (κ2) is 7.12. The number of nitrogens with zero attached hydrogens (tertiary/aromatic N) is 1. The van der Waals surface area contributed by atoms with E-state index in [1.807, 2.05) is 18.2 Å². The molecule has 2 unspecified atom stereocenters. The molecule has 3 aliphatic rings. The van der Waals surface area contributed by atoms with Crippen molar-refractivity contribution < 1.29 is 19.5 Å². The predicted octanol–water partition coefficient (Wildman–Crippen LogP) is 2.91. The Balaban J connectivity index is 1.57. The third-order valence-corrected chi connectivity index (χ3v) is 7.58. The number of rotatable bonds is 4. The first-order valence-corrected chi connectivity index (χ1v) is 10.7. The Morgan fingerprint density at radius 3 is 2.68 bits per heavy atom. The Kier molecular flexibility index (Phi) is 4.91. The molecule has 148 valence electrons. The van der Waals surface area contributed by atoms with Crippen molar-refractivity contribution in [1.29, 1.82) is 0 Å². The summed E-state index contributed by atoms with van der Waals surface area (Å²) in [7, 11) is 0. The molecule has 1 saturated carbocycles. The molecule has 2 amide bonds. The van der Waals surface area contributed by atoms with Gasteiger partial charge in [0.25, 0.3) is 5.91 Å². The summed E-state index contributed by atoms with van der Waals surface area (Å²) >= 11 is 7.64. The maximum atomic E-state index is 13.3. The zero-order valence-corrected chi connectivity index (χ0v) is 17.0. The van der Waals surface area contributed by atoms with Crippen LogP contribution in [0.1, 0.15) is 38.2 Å². The second-order valence-corrected chi connectivity index (χ2v) is 9.14. The Morgan fingerprint density at radius 2 is 2.04 bits per heavy atom. The molecule has 0 aromatic heterocycles. The number of β-lactam (4-membered cyclic amide) rings is 1. The van der Waals surface area contributed by atoms with E-state index in [-0.39, 0.29) is 22.9 Å². The molecule has 2 aliphatic heterocycles. The molecule has 0 radical (unpaired) electrons. The zero-order valence-electron chi connectivity index (χ0n) is 15.4. The first-order valence-electron chi connectivity index (χ1n) is 9.30. The van der Waals surface area contributed by atoms with Gasteiger partial charge < -0.3 is 10.4 Å². The molecule has 0 spiro atoms. The number of carboxylic acids is 1. The van der Waals surface area contributed by atoms with Crippen LogP contribution in [0.3, 0.4) is 0 Å². The lowest BCUT2D eigenvalue weighted by Crippen LogP contribution is -2.71. The van der Waals surface area contributed by atoms with E-state index in [4.69, 9.17) is 11.6 Å². The lowest BCUT2D eigenvalue weighted by molar-refractivity contribution is -0.151. The van der Waals surface area contributed by atoms with Crippen molar-refractivity contribution in [3.05, 3.63) is 46.1 Å². The van der Waals surface area contributed by atoms with E-state index in [2.05, 4.69) is 5.32 Å². The number of aliphatic carboxylic acids is 1. The topological polar surface area (TPSA) is 86.7 Å². The van der Waals surface area contributed by atoms with E-state index >= 15 is 0 Å². The number of carbonyl (C=O) groups excluding carboxylic acids is 2. The van der Waals surface area contributed by atoms with Crippen LogP contribution in [0.4, 0.5) is 0 Å². The molecule has 2 atom stereocenters. The number of halogens is 1. The molecular formula is C20H21ClN2O4S. The highest BCUT2D eigenvalue weighted by Gasteiger charge is 2.55. The average molecular weight is 421 g/mol. The highest BCUT2D eigenvalue weighted by Crippen LogP contribution is 2.44. The van der Waals surface area contributed by atoms with Gasteiger partial charge in [-0.3, -0.25) is 14.5 Å². The third-order valence-electron chi connectivity index (χ3n) is 5.92. The number of hydrogen-bond acceptors (Lipinski definition) is 4. The first-order chi connectivity index (χ1) is 13.3. The van der Waals surface area contributed by atoms with E-state index < -0.39 is 17.4 Å². The first kappa shape index (κ1) is 19.3. The summed E-state index contributed by atoms with van der Waals surface area (Å²) in [5, 5.41) is 12.6. The standard InChI is InChI=1S/C20H21ClN2O4S/c1-11-10-28-17-14(16(24)23(17)15(11)18(25)26)22-19(27)20(7-2-3-8-20)12-5-4-6-13(21)9-12/h4-6,9,14,17H,2-3,7-8,10H2,1H3,(H,22,27)(H,25,26). The van der Waals surface area contributed by atoms with E-state index in [0.717, 1.165) is 18.4 Å². The number of benzene rings is 1. The van der Waals surface area contributed by atoms with Gasteiger partial charge in [-0.2, -0.15) is 0 Å². The molecule has 8 heteroatoms. The monoisotopic (exact) mass is 420 g/mol. The highest BCUT2D eigenvalue weighted by atomic mass is 35.5. The molecule has 0 bridgehead atoms. The van der Waals surface area contributed by atoms with Crippen molar-refractivity contribution >= 4 is 41.1 Å². The minimum atomic E-state index is -1.10. The fourth-order valence-electron chi connectivity index (χ4n) is 4.47. The number of thioether (sulfide) groups is 1. The zero-order chi connectivity index (χ0) is 20.1.